The minimum atomic E-state index is -0.378. The van der Waals surface area contributed by atoms with Gasteiger partial charge < -0.3 is 11.1 Å². The summed E-state index contributed by atoms with van der Waals surface area (Å²) in [5.41, 5.74) is 7.34. The molecule has 5 nitrogen and oxygen atoms in total. The van der Waals surface area contributed by atoms with Crippen molar-refractivity contribution in [2.24, 2.45) is 11.7 Å². The summed E-state index contributed by atoms with van der Waals surface area (Å²) in [5, 5.41) is 6.96. The van der Waals surface area contributed by atoms with Crippen molar-refractivity contribution in [1.82, 2.24) is 15.1 Å². The third kappa shape index (κ3) is 3.71. The van der Waals surface area contributed by atoms with Crippen molar-refractivity contribution < 1.29 is 9.18 Å². The predicted molar refractivity (Wildman–Crippen MR) is 88.5 cm³/mol. The van der Waals surface area contributed by atoms with Crippen LogP contribution in [0.15, 0.2) is 30.5 Å². The molecule has 0 aliphatic heterocycles. The molecule has 1 aliphatic rings. The van der Waals surface area contributed by atoms with Crippen LogP contribution < -0.4 is 11.1 Å². The van der Waals surface area contributed by atoms with E-state index in [1.807, 2.05) is 0 Å². The normalized spacial score (nSPS) is 14.9. The first-order valence-electron chi connectivity index (χ1n) is 7.41. The Morgan fingerprint density at radius 1 is 1.48 bits per heavy atom. The van der Waals surface area contributed by atoms with Crippen LogP contribution >= 0.6 is 12.4 Å². The minimum Gasteiger partial charge on any atom is -0.350 e. The number of hydrogen-bond donors (Lipinski definition) is 2. The summed E-state index contributed by atoms with van der Waals surface area (Å²) < 4.78 is 15.3. The summed E-state index contributed by atoms with van der Waals surface area (Å²) in [6.07, 6.45) is 3.74. The highest BCUT2D eigenvalue weighted by Crippen LogP contribution is 2.31. The lowest BCUT2D eigenvalue weighted by atomic mass is 10.2. The lowest BCUT2D eigenvalue weighted by Crippen LogP contribution is -2.38. The Labute approximate surface area is 140 Å². The Morgan fingerprint density at radius 2 is 2.17 bits per heavy atom. The molecule has 7 heteroatoms. The van der Waals surface area contributed by atoms with E-state index >= 15 is 0 Å². The maximum absolute atomic E-state index is 13.8. The molecule has 1 fully saturated rings. The molecule has 1 heterocycles. The fourth-order valence-electron chi connectivity index (χ4n) is 2.50. The van der Waals surface area contributed by atoms with Gasteiger partial charge in [0, 0.05) is 12.6 Å². The first-order chi connectivity index (χ1) is 10.6. The van der Waals surface area contributed by atoms with Crippen LogP contribution in [0, 0.1) is 18.7 Å². The van der Waals surface area contributed by atoms with Crippen molar-refractivity contribution in [3.63, 3.8) is 0 Å². The van der Waals surface area contributed by atoms with Gasteiger partial charge in [0.05, 0.1) is 17.5 Å². The Hall–Kier alpha value is -1.92. The summed E-state index contributed by atoms with van der Waals surface area (Å²) in [4.78, 5) is 12.2. The molecule has 0 bridgehead atoms. The average molecular weight is 339 g/mol. The molecule has 1 unspecified atom stereocenters. The van der Waals surface area contributed by atoms with Gasteiger partial charge >= 0.3 is 0 Å². The molecule has 0 spiro atoms. The monoisotopic (exact) mass is 338 g/mol. The number of amides is 1. The van der Waals surface area contributed by atoms with Crippen molar-refractivity contribution in [2.45, 2.75) is 25.8 Å². The molecule has 1 aromatic carbocycles. The van der Waals surface area contributed by atoms with Crippen molar-refractivity contribution in [3.05, 3.63) is 47.5 Å². The Balaban J connectivity index is 0.00000192. The Morgan fingerprint density at radius 3 is 2.83 bits per heavy atom. The maximum Gasteiger partial charge on any atom is 0.254 e. The van der Waals surface area contributed by atoms with Crippen LogP contribution in [0.4, 0.5) is 4.39 Å². The quantitative estimate of drug-likeness (QED) is 0.878. The summed E-state index contributed by atoms with van der Waals surface area (Å²) in [6, 6.07) is 6.34. The SMILES string of the molecule is Cc1c(C(=O)NCC(N)C2CC2)cnn1-c1ccccc1F.Cl. The average Bonchev–Trinajstić information content (AvgIpc) is 3.29. The number of nitrogens with zero attached hydrogens (tertiary/aromatic N) is 2. The summed E-state index contributed by atoms with van der Waals surface area (Å²) in [5.74, 6) is -0.0739. The number of nitrogens with one attached hydrogen (secondary N) is 1. The topological polar surface area (TPSA) is 72.9 Å². The number of aromatic nitrogens is 2. The van der Waals surface area contributed by atoms with Gasteiger partial charge in [-0.3, -0.25) is 4.79 Å². The van der Waals surface area contributed by atoms with E-state index in [2.05, 4.69) is 10.4 Å². The summed E-state index contributed by atoms with van der Waals surface area (Å²) in [6.45, 7) is 2.20. The number of carbonyl (C=O) groups excluding carboxylic acids is 1. The highest BCUT2D eigenvalue weighted by atomic mass is 35.5. The molecule has 23 heavy (non-hydrogen) atoms. The van der Waals surface area contributed by atoms with E-state index in [1.54, 1.807) is 25.1 Å². The molecule has 3 N–H and O–H groups in total. The van der Waals surface area contributed by atoms with Crippen molar-refractivity contribution in [2.75, 3.05) is 6.54 Å². The number of rotatable bonds is 5. The van der Waals surface area contributed by atoms with E-state index in [1.165, 1.54) is 16.9 Å². The molecule has 3 rings (SSSR count). The Kier molecular flexibility index (Phi) is 5.38. The summed E-state index contributed by atoms with van der Waals surface area (Å²) >= 11 is 0. The zero-order chi connectivity index (χ0) is 15.7. The molecule has 2 aromatic rings. The van der Waals surface area contributed by atoms with Crippen LogP contribution in [-0.2, 0) is 0 Å². The van der Waals surface area contributed by atoms with Crippen LogP contribution in [-0.4, -0.2) is 28.3 Å². The minimum absolute atomic E-state index is 0. The molecule has 0 radical (unpaired) electrons. The van der Waals surface area contributed by atoms with Crippen LogP contribution in [0.1, 0.15) is 28.9 Å². The van der Waals surface area contributed by atoms with E-state index in [9.17, 15) is 9.18 Å². The number of nitrogens with two attached hydrogens (primary N) is 1. The second-order valence-electron chi connectivity index (χ2n) is 5.72. The number of hydrogen-bond acceptors (Lipinski definition) is 3. The highest BCUT2D eigenvalue weighted by Gasteiger charge is 2.28. The fourth-order valence-corrected chi connectivity index (χ4v) is 2.50. The number of halogens is 2. The van der Waals surface area contributed by atoms with E-state index in [0.29, 0.717) is 29.4 Å². The van der Waals surface area contributed by atoms with Crippen LogP contribution in [0.25, 0.3) is 5.69 Å². The van der Waals surface area contributed by atoms with Crippen LogP contribution in [0.5, 0.6) is 0 Å². The smallest absolute Gasteiger partial charge is 0.254 e. The first kappa shape index (κ1) is 17.4. The fraction of sp³-hybridized carbons (Fsp3) is 0.375. The van der Waals surface area contributed by atoms with Gasteiger partial charge in [-0.15, -0.1) is 12.4 Å². The standard InChI is InChI=1S/C16H19FN4O.ClH/c1-10-12(16(22)19-9-14(18)11-6-7-11)8-20-21(10)15-5-3-2-4-13(15)17;/h2-5,8,11,14H,6-7,9,18H2,1H3,(H,19,22);1H. The summed E-state index contributed by atoms with van der Waals surface area (Å²) in [7, 11) is 0. The van der Waals surface area contributed by atoms with Gasteiger partial charge in [0.25, 0.3) is 5.91 Å². The molecular weight excluding hydrogens is 319 g/mol. The van der Waals surface area contributed by atoms with Gasteiger partial charge in [-0.1, -0.05) is 12.1 Å². The van der Waals surface area contributed by atoms with Crippen molar-refractivity contribution >= 4 is 18.3 Å². The lowest BCUT2D eigenvalue weighted by Gasteiger charge is -2.11. The largest absolute Gasteiger partial charge is 0.350 e. The highest BCUT2D eigenvalue weighted by molar-refractivity contribution is 5.95. The van der Waals surface area contributed by atoms with Gasteiger partial charge in [0.1, 0.15) is 11.5 Å². The van der Waals surface area contributed by atoms with Gasteiger partial charge in [0.2, 0.25) is 0 Å². The van der Waals surface area contributed by atoms with E-state index in [-0.39, 0.29) is 30.2 Å². The molecule has 1 atom stereocenters. The molecule has 1 aliphatic carbocycles. The first-order valence-corrected chi connectivity index (χ1v) is 7.41. The molecule has 1 aromatic heterocycles. The van der Waals surface area contributed by atoms with Gasteiger partial charge in [0.15, 0.2) is 0 Å². The molecule has 124 valence electrons. The van der Waals surface area contributed by atoms with Gasteiger partial charge in [-0.05, 0) is 37.8 Å². The number of carbonyl (C=O) groups is 1. The van der Waals surface area contributed by atoms with Crippen LogP contribution in [0.2, 0.25) is 0 Å². The maximum atomic E-state index is 13.8. The zero-order valence-electron chi connectivity index (χ0n) is 12.8. The molecule has 1 saturated carbocycles. The second-order valence-corrected chi connectivity index (χ2v) is 5.72. The van der Waals surface area contributed by atoms with E-state index < -0.39 is 0 Å². The lowest BCUT2D eigenvalue weighted by molar-refractivity contribution is 0.0949. The Bertz CT molecular complexity index is 699. The molecule has 0 saturated heterocycles. The van der Waals surface area contributed by atoms with E-state index in [4.69, 9.17) is 5.73 Å². The number of benzene rings is 1. The second kappa shape index (κ2) is 7.10. The third-order valence-corrected chi connectivity index (χ3v) is 4.06. The van der Waals surface area contributed by atoms with Crippen molar-refractivity contribution in [1.29, 1.82) is 0 Å². The van der Waals surface area contributed by atoms with E-state index in [0.717, 1.165) is 12.8 Å². The predicted octanol–water partition coefficient (Wildman–Crippen LogP) is 2.21. The van der Waals surface area contributed by atoms with Crippen LogP contribution in [0.3, 0.4) is 0 Å². The van der Waals surface area contributed by atoms with Gasteiger partial charge in [-0.25, -0.2) is 9.07 Å². The number of para-hydroxylation sites is 1. The molecular formula is C16H20ClFN4O. The third-order valence-electron chi connectivity index (χ3n) is 4.06. The zero-order valence-corrected chi connectivity index (χ0v) is 13.6. The van der Waals surface area contributed by atoms with Crippen molar-refractivity contribution in [3.8, 4) is 5.69 Å². The van der Waals surface area contributed by atoms with Gasteiger partial charge in [-0.2, -0.15) is 5.10 Å². The molecule has 1 amide bonds.